The number of hydrogen-bond acceptors (Lipinski definition) is 5. The zero-order valence-corrected chi connectivity index (χ0v) is 20.4. The number of hydrogen-bond donors (Lipinski definition) is 2. The number of aliphatic hydroxyl groups excluding tert-OH is 1. The van der Waals surface area contributed by atoms with Crippen LogP contribution in [-0.2, 0) is 14.3 Å². The molecule has 5 rings (SSSR count). The molecular weight excluding hydrogens is 416 g/mol. The maximum absolute atomic E-state index is 13.1. The van der Waals surface area contributed by atoms with Crippen molar-refractivity contribution in [1.82, 2.24) is 0 Å². The molecule has 33 heavy (non-hydrogen) atoms. The maximum Gasteiger partial charge on any atom is 0.334 e. The van der Waals surface area contributed by atoms with Crippen LogP contribution in [0.5, 0.6) is 0 Å². The number of ketones is 1. The SMILES string of the molecule is CC1=C(C)C(=O)OC(C(C)(O)C2CCC3=C4CC=C5C(O)C=CC(=O)C5(C)C4CCC32C)C1. The number of carbonyl (C=O) groups is 2. The van der Waals surface area contributed by atoms with Crippen LogP contribution in [0.15, 0.2) is 46.1 Å². The van der Waals surface area contributed by atoms with Crippen LogP contribution >= 0.6 is 0 Å². The number of carbonyl (C=O) groups excluding carboxylic acids is 2. The van der Waals surface area contributed by atoms with Crippen LogP contribution in [0.3, 0.4) is 0 Å². The number of rotatable bonds is 2. The Morgan fingerprint density at radius 3 is 2.61 bits per heavy atom. The average Bonchev–Trinajstić information content (AvgIpc) is 3.12. The second kappa shape index (κ2) is 7.26. The second-order valence-electron chi connectivity index (χ2n) is 11.6. The molecule has 0 bridgehead atoms. The molecule has 7 unspecified atom stereocenters. The van der Waals surface area contributed by atoms with Gasteiger partial charge in [-0.15, -0.1) is 0 Å². The van der Waals surface area contributed by atoms with Gasteiger partial charge in [-0.1, -0.05) is 29.7 Å². The van der Waals surface area contributed by atoms with E-state index in [2.05, 4.69) is 13.0 Å². The van der Waals surface area contributed by atoms with Crippen molar-refractivity contribution in [2.24, 2.45) is 22.7 Å². The Kier molecular flexibility index (Phi) is 5.01. The summed E-state index contributed by atoms with van der Waals surface area (Å²) in [4.78, 5) is 25.5. The lowest BCUT2D eigenvalue weighted by Crippen LogP contribution is -2.54. The monoisotopic (exact) mass is 452 g/mol. The molecule has 1 aliphatic heterocycles. The van der Waals surface area contributed by atoms with Gasteiger partial charge in [-0.25, -0.2) is 4.79 Å². The summed E-state index contributed by atoms with van der Waals surface area (Å²) in [5, 5.41) is 22.4. The van der Waals surface area contributed by atoms with E-state index in [1.165, 1.54) is 11.1 Å². The molecule has 0 aromatic carbocycles. The number of allylic oxidation sites excluding steroid dienone is 4. The minimum Gasteiger partial charge on any atom is -0.456 e. The van der Waals surface area contributed by atoms with E-state index in [1.807, 2.05) is 20.8 Å². The quantitative estimate of drug-likeness (QED) is 0.481. The molecule has 0 aromatic heterocycles. The normalized spacial score (nSPS) is 42.3. The van der Waals surface area contributed by atoms with Gasteiger partial charge in [0.2, 0.25) is 0 Å². The highest BCUT2D eigenvalue weighted by Gasteiger charge is 2.60. The van der Waals surface area contributed by atoms with E-state index in [1.54, 1.807) is 19.1 Å². The van der Waals surface area contributed by atoms with E-state index in [-0.39, 0.29) is 29.0 Å². The molecule has 2 N–H and O–H groups in total. The van der Waals surface area contributed by atoms with Crippen LogP contribution < -0.4 is 0 Å². The van der Waals surface area contributed by atoms with E-state index in [9.17, 15) is 19.8 Å². The van der Waals surface area contributed by atoms with Gasteiger partial charge in [0.15, 0.2) is 5.78 Å². The van der Waals surface area contributed by atoms with Crippen molar-refractivity contribution in [2.75, 3.05) is 0 Å². The summed E-state index contributed by atoms with van der Waals surface area (Å²) in [7, 11) is 0. The van der Waals surface area contributed by atoms with Crippen molar-refractivity contribution in [3.63, 3.8) is 0 Å². The molecule has 7 atom stereocenters. The molecule has 5 aliphatic rings. The first kappa shape index (κ1) is 22.8. The molecule has 0 aromatic rings. The van der Waals surface area contributed by atoms with Crippen molar-refractivity contribution < 1.29 is 24.5 Å². The van der Waals surface area contributed by atoms with Crippen molar-refractivity contribution in [3.05, 3.63) is 46.1 Å². The lowest BCUT2D eigenvalue weighted by molar-refractivity contribution is -0.175. The summed E-state index contributed by atoms with van der Waals surface area (Å²) in [6, 6.07) is 0. The number of aliphatic hydroxyl groups is 2. The third kappa shape index (κ3) is 2.97. The van der Waals surface area contributed by atoms with E-state index >= 15 is 0 Å². The van der Waals surface area contributed by atoms with E-state index in [0.717, 1.165) is 43.3 Å². The second-order valence-corrected chi connectivity index (χ2v) is 11.6. The van der Waals surface area contributed by atoms with Gasteiger partial charge in [-0.2, -0.15) is 0 Å². The van der Waals surface area contributed by atoms with Gasteiger partial charge < -0.3 is 14.9 Å². The summed E-state index contributed by atoms with van der Waals surface area (Å²) >= 11 is 0. The van der Waals surface area contributed by atoms with Crippen LogP contribution in [-0.4, -0.2) is 39.8 Å². The van der Waals surface area contributed by atoms with Crippen LogP contribution in [0.2, 0.25) is 0 Å². The van der Waals surface area contributed by atoms with Gasteiger partial charge in [0, 0.05) is 17.9 Å². The Labute approximate surface area is 196 Å². The van der Waals surface area contributed by atoms with Crippen molar-refractivity contribution in [1.29, 1.82) is 0 Å². The van der Waals surface area contributed by atoms with Gasteiger partial charge >= 0.3 is 5.97 Å². The zero-order valence-electron chi connectivity index (χ0n) is 20.4. The topological polar surface area (TPSA) is 83.8 Å². The average molecular weight is 453 g/mol. The smallest absolute Gasteiger partial charge is 0.334 e. The Balaban J connectivity index is 1.52. The third-order valence-corrected chi connectivity index (χ3v) is 10.0. The fraction of sp³-hybridized carbons (Fsp3) is 0.643. The Morgan fingerprint density at radius 2 is 1.91 bits per heavy atom. The molecule has 1 fully saturated rings. The van der Waals surface area contributed by atoms with Crippen LogP contribution in [0.25, 0.3) is 0 Å². The highest BCUT2D eigenvalue weighted by atomic mass is 16.6. The zero-order chi connectivity index (χ0) is 23.9. The fourth-order valence-electron chi connectivity index (χ4n) is 7.87. The molecule has 1 heterocycles. The Bertz CT molecular complexity index is 1060. The van der Waals surface area contributed by atoms with Gasteiger partial charge in [-0.3, -0.25) is 4.79 Å². The van der Waals surface area contributed by atoms with Crippen molar-refractivity contribution >= 4 is 11.8 Å². The molecule has 4 aliphatic carbocycles. The van der Waals surface area contributed by atoms with Crippen molar-refractivity contribution in [3.8, 4) is 0 Å². The molecule has 0 radical (unpaired) electrons. The van der Waals surface area contributed by atoms with Crippen LogP contribution in [0.4, 0.5) is 0 Å². The summed E-state index contributed by atoms with van der Waals surface area (Å²) in [6.07, 6.45) is 8.78. The molecule has 5 nitrogen and oxygen atoms in total. The largest absolute Gasteiger partial charge is 0.456 e. The van der Waals surface area contributed by atoms with E-state index in [0.29, 0.717) is 12.0 Å². The minimum atomic E-state index is -1.14. The standard InChI is InChI=1S/C28H36O5/c1-15-14-24(33-25(31)16(15)2)28(5,32)22-10-8-18-17-6-7-20-21(29)9-11-23(30)27(20,4)19(17)12-13-26(18,22)3/h7,9,11,19,21-22,24,29,32H,6,8,10,12-14H2,1-5H3. The molecule has 5 heteroatoms. The predicted octanol–water partition coefficient (Wildman–Crippen LogP) is 4.35. The van der Waals surface area contributed by atoms with Gasteiger partial charge in [0.25, 0.3) is 0 Å². The summed E-state index contributed by atoms with van der Waals surface area (Å²) < 4.78 is 5.74. The lowest BCUT2D eigenvalue weighted by Gasteiger charge is -2.53. The number of fused-ring (bicyclic) bond motifs is 4. The van der Waals surface area contributed by atoms with E-state index < -0.39 is 23.2 Å². The molecular formula is C28H36O5. The number of esters is 1. The van der Waals surface area contributed by atoms with Gasteiger partial charge in [0.05, 0.1) is 11.5 Å². The van der Waals surface area contributed by atoms with Gasteiger partial charge in [0.1, 0.15) is 11.7 Å². The maximum atomic E-state index is 13.1. The number of ether oxygens (including phenoxy) is 1. The van der Waals surface area contributed by atoms with Gasteiger partial charge in [-0.05, 0) is 88.9 Å². The molecule has 1 saturated carbocycles. The third-order valence-electron chi connectivity index (χ3n) is 10.0. The minimum absolute atomic E-state index is 0.0248. The van der Waals surface area contributed by atoms with Crippen molar-refractivity contribution in [2.45, 2.75) is 91.0 Å². The molecule has 178 valence electrons. The summed E-state index contributed by atoms with van der Waals surface area (Å²) in [5.41, 5.74) is 3.17. The van der Waals surface area contributed by atoms with Crippen LogP contribution in [0, 0.1) is 22.7 Å². The first-order chi connectivity index (χ1) is 15.4. The predicted molar refractivity (Wildman–Crippen MR) is 125 cm³/mol. The van der Waals surface area contributed by atoms with Crippen LogP contribution in [0.1, 0.15) is 73.1 Å². The number of cyclic esters (lactones) is 1. The highest BCUT2D eigenvalue weighted by Crippen LogP contribution is 2.64. The first-order valence-corrected chi connectivity index (χ1v) is 12.4. The first-order valence-electron chi connectivity index (χ1n) is 12.4. The fourth-order valence-corrected chi connectivity index (χ4v) is 7.87. The summed E-state index contributed by atoms with van der Waals surface area (Å²) in [6.45, 7) is 9.84. The highest BCUT2D eigenvalue weighted by molar-refractivity contribution is 5.99. The Hall–Kier alpha value is -1.98. The van der Waals surface area contributed by atoms with E-state index in [4.69, 9.17) is 4.74 Å². The summed E-state index contributed by atoms with van der Waals surface area (Å²) in [5.74, 6) is -0.173. The molecule has 0 saturated heterocycles. The molecule has 0 spiro atoms. The Morgan fingerprint density at radius 1 is 1.18 bits per heavy atom. The lowest BCUT2D eigenvalue weighted by atomic mass is 9.51. The molecule has 0 amide bonds.